The smallest absolute Gasteiger partial charge is 0.404 e. The molecule has 0 spiro atoms. The van der Waals surface area contributed by atoms with E-state index in [-0.39, 0.29) is 30.1 Å². The number of amides is 1. The number of nitrogens with zero attached hydrogens (tertiary/aromatic N) is 3. The minimum absolute atomic E-state index is 0.0654. The molecule has 1 amide bonds. The molecule has 134 valence electrons. The summed E-state index contributed by atoms with van der Waals surface area (Å²) in [5, 5.41) is 15.5. The fourth-order valence-corrected chi connectivity index (χ4v) is 2.55. The van der Waals surface area contributed by atoms with Gasteiger partial charge in [0.2, 0.25) is 0 Å². The van der Waals surface area contributed by atoms with Gasteiger partial charge in [0.05, 0.1) is 11.5 Å². The molecular weight excluding hydrogens is 320 g/mol. The van der Waals surface area contributed by atoms with Crippen LogP contribution in [0.15, 0.2) is 0 Å². The molecule has 1 fully saturated rings. The predicted octanol–water partition coefficient (Wildman–Crippen LogP) is 2.05. The van der Waals surface area contributed by atoms with Gasteiger partial charge in [-0.15, -0.1) is 0 Å². The van der Waals surface area contributed by atoms with Gasteiger partial charge in [0.15, 0.2) is 6.23 Å². The first kappa shape index (κ1) is 18.0. The summed E-state index contributed by atoms with van der Waals surface area (Å²) < 4.78 is 17.5. The van der Waals surface area contributed by atoms with Crippen molar-refractivity contribution >= 4 is 11.8 Å². The van der Waals surface area contributed by atoms with E-state index in [0.717, 1.165) is 19.3 Å². The van der Waals surface area contributed by atoms with Crippen molar-refractivity contribution in [1.82, 2.24) is 9.78 Å². The first-order valence-electron chi connectivity index (χ1n) is 7.84. The highest BCUT2D eigenvalue weighted by atomic mass is 16.6. The number of primary amides is 1. The van der Waals surface area contributed by atoms with Gasteiger partial charge in [-0.3, -0.25) is 10.1 Å². The van der Waals surface area contributed by atoms with E-state index in [1.165, 1.54) is 4.68 Å². The van der Waals surface area contributed by atoms with Crippen LogP contribution in [0.4, 0.5) is 10.5 Å². The Morgan fingerprint density at radius 1 is 1.58 bits per heavy atom. The van der Waals surface area contributed by atoms with Gasteiger partial charge in [0, 0.05) is 13.0 Å². The molecule has 0 saturated carbocycles. The van der Waals surface area contributed by atoms with E-state index >= 15 is 0 Å². The zero-order chi connectivity index (χ0) is 17.7. The van der Waals surface area contributed by atoms with Crippen molar-refractivity contribution in [3.05, 3.63) is 15.8 Å². The Labute approximate surface area is 139 Å². The van der Waals surface area contributed by atoms with E-state index in [9.17, 15) is 14.9 Å². The Morgan fingerprint density at radius 2 is 2.33 bits per heavy atom. The average molecular weight is 342 g/mol. The van der Waals surface area contributed by atoms with Crippen LogP contribution in [0.1, 0.15) is 44.5 Å². The number of hydrogen-bond acceptors (Lipinski definition) is 7. The van der Waals surface area contributed by atoms with Crippen LogP contribution < -0.4 is 10.5 Å². The zero-order valence-corrected chi connectivity index (χ0v) is 13.8. The van der Waals surface area contributed by atoms with Crippen LogP contribution in [0, 0.1) is 17.0 Å². The Hall–Kier alpha value is -2.36. The van der Waals surface area contributed by atoms with Gasteiger partial charge in [-0.2, -0.15) is 9.78 Å². The molecule has 24 heavy (non-hydrogen) atoms. The molecule has 0 aliphatic carbocycles. The predicted molar refractivity (Wildman–Crippen MR) is 82.7 cm³/mol. The van der Waals surface area contributed by atoms with Gasteiger partial charge in [0.1, 0.15) is 11.8 Å². The first-order valence-corrected chi connectivity index (χ1v) is 7.84. The van der Waals surface area contributed by atoms with Crippen LogP contribution in [0.3, 0.4) is 0 Å². The van der Waals surface area contributed by atoms with Crippen molar-refractivity contribution in [2.24, 2.45) is 5.73 Å². The number of aryl methyl sites for hydroxylation is 1. The summed E-state index contributed by atoms with van der Waals surface area (Å²) in [7, 11) is 0. The molecule has 0 aromatic carbocycles. The molecule has 2 rings (SSSR count). The summed E-state index contributed by atoms with van der Waals surface area (Å²) >= 11 is 0. The van der Waals surface area contributed by atoms with Crippen LogP contribution in [-0.4, -0.2) is 40.1 Å². The lowest BCUT2D eigenvalue weighted by Crippen LogP contribution is -2.23. The third-order valence-electron chi connectivity index (χ3n) is 3.70. The molecule has 10 heteroatoms. The molecule has 1 aromatic heterocycles. The molecular formula is C14H22N4O6. The highest BCUT2D eigenvalue weighted by Gasteiger charge is 2.31. The van der Waals surface area contributed by atoms with Gasteiger partial charge >= 0.3 is 11.8 Å². The van der Waals surface area contributed by atoms with Gasteiger partial charge in [0.25, 0.3) is 5.88 Å². The fraction of sp³-hybridized carbons (Fsp3) is 0.714. The van der Waals surface area contributed by atoms with Crippen molar-refractivity contribution in [1.29, 1.82) is 0 Å². The normalized spacial score (nSPS) is 18.8. The van der Waals surface area contributed by atoms with Gasteiger partial charge in [-0.05, 0) is 33.1 Å². The highest BCUT2D eigenvalue weighted by molar-refractivity contribution is 5.64. The van der Waals surface area contributed by atoms with Crippen molar-refractivity contribution < 1.29 is 23.9 Å². The third kappa shape index (κ3) is 4.34. The lowest BCUT2D eigenvalue weighted by Gasteiger charge is -2.23. The highest BCUT2D eigenvalue weighted by Crippen LogP contribution is 2.35. The first-order chi connectivity index (χ1) is 11.4. The van der Waals surface area contributed by atoms with E-state index in [0.29, 0.717) is 13.0 Å². The second-order valence-electron chi connectivity index (χ2n) is 5.65. The van der Waals surface area contributed by atoms with Crippen LogP contribution in [0.25, 0.3) is 0 Å². The Kier molecular flexibility index (Phi) is 5.96. The molecule has 2 unspecified atom stereocenters. The molecule has 2 N–H and O–H groups in total. The number of hydrogen-bond donors (Lipinski definition) is 1. The van der Waals surface area contributed by atoms with E-state index in [1.54, 1.807) is 13.8 Å². The Balaban J connectivity index is 2.13. The standard InChI is InChI=1S/C14H22N4O6/c1-9(24-14(15)19)6-8-23-13-12(18(20)21)10(2)16-17(13)11-5-3-4-7-22-11/h9,11H,3-8H2,1-2H3,(H2,15,19). The number of aromatic nitrogens is 2. The number of carbonyl (C=O) groups excluding carboxylic acids is 1. The monoisotopic (exact) mass is 342 g/mol. The Bertz CT molecular complexity index is 596. The maximum Gasteiger partial charge on any atom is 0.404 e. The molecule has 1 aliphatic rings. The summed E-state index contributed by atoms with van der Waals surface area (Å²) in [6.45, 7) is 3.92. The van der Waals surface area contributed by atoms with Crippen LogP contribution in [0.5, 0.6) is 5.88 Å². The van der Waals surface area contributed by atoms with Gasteiger partial charge < -0.3 is 19.9 Å². The molecule has 0 bridgehead atoms. The molecule has 0 radical (unpaired) electrons. The van der Waals surface area contributed by atoms with Gasteiger partial charge in [-0.1, -0.05) is 0 Å². The van der Waals surface area contributed by atoms with E-state index in [2.05, 4.69) is 5.10 Å². The second-order valence-corrected chi connectivity index (χ2v) is 5.65. The molecule has 1 saturated heterocycles. The molecule has 1 aliphatic heterocycles. The number of nitro groups is 1. The second kappa shape index (κ2) is 7.95. The lowest BCUT2D eigenvalue weighted by atomic mass is 10.2. The van der Waals surface area contributed by atoms with Crippen molar-refractivity contribution in [2.75, 3.05) is 13.2 Å². The van der Waals surface area contributed by atoms with E-state index in [1.807, 2.05) is 0 Å². The maximum atomic E-state index is 11.3. The summed E-state index contributed by atoms with van der Waals surface area (Å²) in [6, 6.07) is 0. The topological polar surface area (TPSA) is 132 Å². The molecule has 10 nitrogen and oxygen atoms in total. The SMILES string of the molecule is Cc1nn(C2CCCCO2)c(OCCC(C)OC(N)=O)c1[N+](=O)[O-]. The van der Waals surface area contributed by atoms with Crippen LogP contribution in [-0.2, 0) is 9.47 Å². The summed E-state index contributed by atoms with van der Waals surface area (Å²) in [4.78, 5) is 21.5. The summed E-state index contributed by atoms with van der Waals surface area (Å²) in [6.07, 6.45) is 1.28. The minimum Gasteiger partial charge on any atom is -0.473 e. The number of carbonyl (C=O) groups is 1. The zero-order valence-electron chi connectivity index (χ0n) is 13.8. The summed E-state index contributed by atoms with van der Waals surface area (Å²) in [5.74, 6) is 0.0654. The average Bonchev–Trinajstić information content (AvgIpc) is 2.84. The van der Waals surface area contributed by atoms with Crippen LogP contribution in [0.2, 0.25) is 0 Å². The maximum absolute atomic E-state index is 11.3. The molecule has 1 aromatic rings. The van der Waals surface area contributed by atoms with Crippen molar-refractivity contribution in [2.45, 2.75) is 51.9 Å². The lowest BCUT2D eigenvalue weighted by molar-refractivity contribution is -0.386. The molecule has 2 heterocycles. The number of nitrogens with two attached hydrogens (primary N) is 1. The fourth-order valence-electron chi connectivity index (χ4n) is 2.55. The number of rotatable bonds is 7. The van der Waals surface area contributed by atoms with Crippen molar-refractivity contribution in [3.63, 3.8) is 0 Å². The van der Waals surface area contributed by atoms with Crippen LogP contribution >= 0.6 is 0 Å². The largest absolute Gasteiger partial charge is 0.473 e. The summed E-state index contributed by atoms with van der Waals surface area (Å²) in [5.41, 5.74) is 5.04. The van der Waals surface area contributed by atoms with Crippen molar-refractivity contribution in [3.8, 4) is 5.88 Å². The van der Waals surface area contributed by atoms with Gasteiger partial charge in [-0.25, -0.2) is 4.79 Å². The Morgan fingerprint density at radius 3 is 2.92 bits per heavy atom. The van der Waals surface area contributed by atoms with E-state index < -0.39 is 17.1 Å². The van der Waals surface area contributed by atoms with E-state index in [4.69, 9.17) is 19.9 Å². The third-order valence-corrected chi connectivity index (χ3v) is 3.70. The number of ether oxygens (including phenoxy) is 3. The molecule has 2 atom stereocenters. The quantitative estimate of drug-likeness (QED) is 0.592. The minimum atomic E-state index is -0.870.